The Morgan fingerprint density at radius 1 is 0.793 bits per heavy atom. The van der Waals surface area contributed by atoms with Gasteiger partial charge in [-0.1, -0.05) is 18.2 Å². The molecule has 2 saturated heterocycles. The number of hydrogen-bond acceptors (Lipinski definition) is 4. The van der Waals surface area contributed by atoms with Gasteiger partial charge in [0.15, 0.2) is 0 Å². The second kappa shape index (κ2) is 6.64. The maximum absolute atomic E-state index is 13.1. The van der Waals surface area contributed by atoms with Crippen LogP contribution in [0.4, 0.5) is 5.69 Å². The summed E-state index contributed by atoms with van der Waals surface area (Å²) in [4.78, 5) is 32.1. The molecule has 4 bridgehead atoms. The van der Waals surface area contributed by atoms with Gasteiger partial charge in [-0.05, 0) is 68.4 Å². The number of hydrogen-bond donors (Lipinski definition) is 0. The minimum absolute atomic E-state index is 0.0375. The Labute approximate surface area is 173 Å². The molecular weight excluding hydrogens is 362 g/mol. The third kappa shape index (κ3) is 2.89. The molecule has 0 unspecified atom stereocenters. The molecule has 5 heteroatoms. The zero-order valence-electron chi connectivity index (χ0n) is 17.1. The molecule has 2 heterocycles. The van der Waals surface area contributed by atoms with Crippen LogP contribution >= 0.6 is 0 Å². The minimum atomic E-state index is -0.277. The summed E-state index contributed by atoms with van der Waals surface area (Å²) in [5.41, 5.74) is 1.16. The molecule has 2 aliphatic heterocycles. The Morgan fingerprint density at radius 2 is 1.38 bits per heavy atom. The average Bonchev–Trinajstić information content (AvgIpc) is 3.02. The van der Waals surface area contributed by atoms with E-state index in [0.717, 1.165) is 43.9 Å². The van der Waals surface area contributed by atoms with Crippen LogP contribution in [0.15, 0.2) is 30.3 Å². The summed E-state index contributed by atoms with van der Waals surface area (Å²) >= 11 is 0. The number of nitrogens with zero attached hydrogens (tertiary/aromatic N) is 3. The normalized spacial score (nSPS) is 40.2. The molecule has 0 N–H and O–H groups in total. The van der Waals surface area contributed by atoms with E-state index < -0.39 is 0 Å². The molecule has 1 atom stereocenters. The van der Waals surface area contributed by atoms with Crippen molar-refractivity contribution >= 4 is 17.5 Å². The van der Waals surface area contributed by atoms with E-state index in [4.69, 9.17) is 0 Å². The lowest BCUT2D eigenvalue weighted by Crippen LogP contribution is -2.64. The number of benzene rings is 1. The van der Waals surface area contributed by atoms with Crippen LogP contribution in [0.25, 0.3) is 0 Å². The standard InChI is InChI=1S/C24H31N3O2/c28-22-13-21(23(29)27(22)20-4-2-1-3-5-20)25-6-8-26(9-7-25)24-14-17-10-18(15-24)12-19(11-17)16-24/h1-5,17-19,21H,6-16H2/t17?,18?,19?,21-,24?/m0/s1. The molecule has 6 aliphatic rings. The number of rotatable bonds is 3. The van der Waals surface area contributed by atoms with Gasteiger partial charge >= 0.3 is 0 Å². The van der Waals surface area contributed by atoms with Gasteiger partial charge in [-0.25, -0.2) is 4.90 Å². The van der Waals surface area contributed by atoms with Gasteiger partial charge in [0.1, 0.15) is 0 Å². The number of piperazine rings is 1. The summed E-state index contributed by atoms with van der Waals surface area (Å²) in [6, 6.07) is 9.10. The van der Waals surface area contributed by atoms with Gasteiger partial charge in [-0.15, -0.1) is 0 Å². The summed E-state index contributed by atoms with van der Waals surface area (Å²) in [6.07, 6.45) is 8.98. The van der Waals surface area contributed by atoms with Crippen molar-refractivity contribution in [2.75, 3.05) is 31.1 Å². The molecule has 154 valence electrons. The van der Waals surface area contributed by atoms with Crippen LogP contribution < -0.4 is 4.90 Å². The van der Waals surface area contributed by atoms with E-state index in [1.807, 2.05) is 30.3 Å². The van der Waals surface area contributed by atoms with Gasteiger partial charge < -0.3 is 0 Å². The quantitative estimate of drug-likeness (QED) is 0.741. The molecule has 1 aromatic rings. The molecule has 0 spiro atoms. The first-order valence-corrected chi connectivity index (χ1v) is 11.5. The number of imide groups is 1. The van der Waals surface area contributed by atoms with Crippen LogP contribution in [0.5, 0.6) is 0 Å². The fourth-order valence-corrected chi connectivity index (χ4v) is 7.71. The number of carbonyl (C=O) groups excluding carboxylic acids is 2. The highest BCUT2D eigenvalue weighted by molar-refractivity contribution is 6.22. The highest BCUT2D eigenvalue weighted by Crippen LogP contribution is 2.57. The fourth-order valence-electron chi connectivity index (χ4n) is 7.71. The maximum atomic E-state index is 13.1. The Kier molecular flexibility index (Phi) is 4.14. The van der Waals surface area contributed by atoms with Gasteiger partial charge in [-0.3, -0.25) is 19.4 Å². The van der Waals surface area contributed by atoms with E-state index in [2.05, 4.69) is 9.80 Å². The van der Waals surface area contributed by atoms with E-state index in [9.17, 15) is 9.59 Å². The number of amides is 2. The first kappa shape index (κ1) is 18.1. The average molecular weight is 394 g/mol. The van der Waals surface area contributed by atoms with Crippen LogP contribution in [-0.4, -0.2) is 59.4 Å². The Balaban J connectivity index is 1.14. The Hall–Kier alpha value is -1.72. The van der Waals surface area contributed by atoms with Gasteiger partial charge in [0.2, 0.25) is 5.91 Å². The lowest BCUT2D eigenvalue weighted by Gasteiger charge is -2.61. The predicted molar refractivity (Wildman–Crippen MR) is 111 cm³/mol. The summed E-state index contributed by atoms with van der Waals surface area (Å²) in [5, 5.41) is 0. The molecule has 0 aromatic heterocycles. The number of para-hydroxylation sites is 1. The predicted octanol–water partition coefficient (Wildman–Crippen LogP) is 2.90. The summed E-state index contributed by atoms with van der Waals surface area (Å²) in [7, 11) is 0. The van der Waals surface area contributed by atoms with Crippen molar-refractivity contribution in [3.05, 3.63) is 30.3 Å². The van der Waals surface area contributed by atoms with Crippen LogP contribution in [0, 0.1) is 17.8 Å². The first-order valence-electron chi connectivity index (χ1n) is 11.5. The molecule has 6 fully saturated rings. The Morgan fingerprint density at radius 3 is 1.97 bits per heavy atom. The highest BCUT2D eigenvalue weighted by atomic mass is 16.2. The van der Waals surface area contributed by atoms with Gasteiger partial charge in [0.25, 0.3) is 5.91 Å². The van der Waals surface area contributed by atoms with Gasteiger partial charge in [0.05, 0.1) is 18.2 Å². The second-order valence-corrected chi connectivity index (χ2v) is 10.3. The van der Waals surface area contributed by atoms with E-state index >= 15 is 0 Å². The van der Waals surface area contributed by atoms with Crippen molar-refractivity contribution in [2.24, 2.45) is 17.8 Å². The summed E-state index contributed by atoms with van der Waals surface area (Å²) in [6.45, 7) is 3.92. The minimum Gasteiger partial charge on any atom is -0.295 e. The van der Waals surface area contributed by atoms with E-state index in [0.29, 0.717) is 17.6 Å². The summed E-state index contributed by atoms with van der Waals surface area (Å²) < 4.78 is 0. The van der Waals surface area contributed by atoms with Gasteiger partial charge in [0, 0.05) is 31.7 Å². The largest absolute Gasteiger partial charge is 0.295 e. The second-order valence-electron chi connectivity index (χ2n) is 10.3. The lowest BCUT2D eigenvalue weighted by atomic mass is 9.52. The van der Waals surface area contributed by atoms with Crippen LogP contribution in [0.1, 0.15) is 44.9 Å². The molecule has 4 saturated carbocycles. The Bertz CT molecular complexity index is 779. The van der Waals surface area contributed by atoms with Crippen molar-refractivity contribution in [1.29, 1.82) is 0 Å². The molecule has 4 aliphatic carbocycles. The first-order chi connectivity index (χ1) is 14.1. The van der Waals surface area contributed by atoms with E-state index in [-0.39, 0.29) is 17.9 Å². The lowest BCUT2D eigenvalue weighted by molar-refractivity contribution is -0.125. The maximum Gasteiger partial charge on any atom is 0.251 e. The molecule has 2 amide bonds. The van der Waals surface area contributed by atoms with Crippen molar-refractivity contribution in [1.82, 2.24) is 9.80 Å². The molecule has 0 radical (unpaired) electrons. The van der Waals surface area contributed by atoms with E-state index in [1.165, 1.54) is 43.4 Å². The topological polar surface area (TPSA) is 43.9 Å². The fraction of sp³-hybridized carbons (Fsp3) is 0.667. The molecule has 29 heavy (non-hydrogen) atoms. The molecule has 5 nitrogen and oxygen atoms in total. The number of carbonyl (C=O) groups is 2. The van der Waals surface area contributed by atoms with Crippen molar-refractivity contribution in [2.45, 2.75) is 56.5 Å². The van der Waals surface area contributed by atoms with Crippen molar-refractivity contribution in [3.8, 4) is 0 Å². The van der Waals surface area contributed by atoms with E-state index in [1.54, 1.807) is 0 Å². The van der Waals surface area contributed by atoms with Crippen molar-refractivity contribution < 1.29 is 9.59 Å². The summed E-state index contributed by atoms with van der Waals surface area (Å²) in [5.74, 6) is 2.80. The molecule has 7 rings (SSSR count). The third-order valence-electron chi connectivity index (χ3n) is 8.57. The zero-order chi connectivity index (χ0) is 19.6. The van der Waals surface area contributed by atoms with Crippen molar-refractivity contribution in [3.63, 3.8) is 0 Å². The van der Waals surface area contributed by atoms with Crippen LogP contribution in [0.3, 0.4) is 0 Å². The smallest absolute Gasteiger partial charge is 0.251 e. The molecule has 1 aromatic carbocycles. The molecular formula is C24H31N3O2. The third-order valence-corrected chi connectivity index (χ3v) is 8.57. The van der Waals surface area contributed by atoms with Gasteiger partial charge in [-0.2, -0.15) is 0 Å². The highest BCUT2D eigenvalue weighted by Gasteiger charge is 2.54. The monoisotopic (exact) mass is 393 g/mol. The van der Waals surface area contributed by atoms with Crippen LogP contribution in [0.2, 0.25) is 0 Å². The van der Waals surface area contributed by atoms with Crippen LogP contribution in [-0.2, 0) is 9.59 Å². The number of anilines is 1. The SMILES string of the molecule is O=C1C[C@H](N2CCN(C34CC5CC(CC(C5)C3)C4)CC2)C(=O)N1c1ccccc1. The zero-order valence-corrected chi connectivity index (χ0v) is 17.1.